The Morgan fingerprint density at radius 1 is 1.12 bits per heavy atom. The fraction of sp³-hybridized carbons (Fsp3) is 0.350. The number of esters is 1. The van der Waals surface area contributed by atoms with Gasteiger partial charge in [-0.3, -0.25) is 0 Å². The third-order valence-electron chi connectivity index (χ3n) is 5.35. The summed E-state index contributed by atoms with van der Waals surface area (Å²) in [6.45, 7) is 1.97. The Balaban J connectivity index is 1.69. The predicted octanol–water partition coefficient (Wildman–Crippen LogP) is 4.65. The molecule has 124 valence electrons. The molecule has 2 aliphatic rings. The fourth-order valence-electron chi connectivity index (χ4n) is 4.01. The molecule has 2 aromatic rings. The molecule has 0 N–H and O–H groups in total. The molecule has 1 fully saturated rings. The topological polar surface area (TPSA) is 26.3 Å². The van der Waals surface area contributed by atoms with Crippen LogP contribution in [0.15, 0.2) is 48.5 Å². The lowest BCUT2D eigenvalue weighted by Crippen LogP contribution is -2.45. The van der Waals surface area contributed by atoms with E-state index in [1.165, 1.54) is 0 Å². The van der Waals surface area contributed by atoms with E-state index in [0.29, 0.717) is 12.0 Å². The minimum absolute atomic E-state index is 0.166. The summed E-state index contributed by atoms with van der Waals surface area (Å²) < 4.78 is 35.9. The first-order valence-electron chi connectivity index (χ1n) is 8.20. The third-order valence-corrected chi connectivity index (χ3v) is 5.35. The maximum absolute atomic E-state index is 15.3. The first-order valence-corrected chi connectivity index (χ1v) is 8.20. The highest BCUT2D eigenvalue weighted by Crippen LogP contribution is 2.59. The average molecular weight is 328 g/mol. The third kappa shape index (κ3) is 2.02. The number of hydrogen-bond acceptors (Lipinski definition) is 2. The van der Waals surface area contributed by atoms with Crippen molar-refractivity contribution in [2.75, 3.05) is 0 Å². The van der Waals surface area contributed by atoms with Gasteiger partial charge in [-0.05, 0) is 37.8 Å². The molecule has 1 saturated carbocycles. The van der Waals surface area contributed by atoms with Crippen molar-refractivity contribution in [1.82, 2.24) is 0 Å². The highest BCUT2D eigenvalue weighted by molar-refractivity contribution is 5.95. The number of alkyl halides is 2. The summed E-state index contributed by atoms with van der Waals surface area (Å²) in [5, 5.41) is 0. The summed E-state index contributed by atoms with van der Waals surface area (Å²) in [6.07, 6.45) is 0.788. The lowest BCUT2D eigenvalue weighted by molar-refractivity contribution is -0.181. The summed E-state index contributed by atoms with van der Waals surface area (Å²) in [5.41, 5.74) is 0.808. The minimum atomic E-state index is -3.08. The van der Waals surface area contributed by atoms with Crippen molar-refractivity contribution in [3.63, 3.8) is 0 Å². The van der Waals surface area contributed by atoms with Crippen LogP contribution in [0.5, 0.6) is 0 Å². The minimum Gasteiger partial charge on any atom is -0.444 e. The molecule has 0 aromatic heterocycles. The fourth-order valence-corrected chi connectivity index (χ4v) is 4.01. The number of aryl methyl sites for hydroxylation is 1. The Kier molecular flexibility index (Phi) is 3.27. The summed E-state index contributed by atoms with van der Waals surface area (Å²) in [4.78, 5) is 12.1. The molecule has 4 heteroatoms. The lowest BCUT2D eigenvalue weighted by atomic mass is 9.85. The zero-order valence-corrected chi connectivity index (χ0v) is 13.4. The summed E-state index contributed by atoms with van der Waals surface area (Å²) in [5.74, 6) is -4.56. The monoisotopic (exact) mass is 328 g/mol. The van der Waals surface area contributed by atoms with E-state index in [-0.39, 0.29) is 18.4 Å². The van der Waals surface area contributed by atoms with Gasteiger partial charge in [0, 0.05) is 11.5 Å². The molecule has 2 unspecified atom stereocenters. The maximum atomic E-state index is 15.3. The van der Waals surface area contributed by atoms with E-state index in [1.54, 1.807) is 24.3 Å². The van der Waals surface area contributed by atoms with E-state index in [9.17, 15) is 4.79 Å². The van der Waals surface area contributed by atoms with Crippen molar-refractivity contribution >= 4 is 5.97 Å². The molecular weight excluding hydrogens is 310 g/mol. The Bertz CT molecular complexity index is 798. The van der Waals surface area contributed by atoms with Gasteiger partial charge in [-0.15, -0.1) is 0 Å². The largest absolute Gasteiger partial charge is 0.444 e. The number of hydrogen-bond donors (Lipinski definition) is 0. The van der Waals surface area contributed by atoms with Crippen LogP contribution in [0.3, 0.4) is 0 Å². The van der Waals surface area contributed by atoms with Crippen molar-refractivity contribution in [3.05, 3.63) is 70.8 Å². The number of benzene rings is 2. The van der Waals surface area contributed by atoms with Gasteiger partial charge in [-0.25, -0.2) is 13.6 Å². The van der Waals surface area contributed by atoms with E-state index in [2.05, 4.69) is 0 Å². The molecule has 2 aromatic carbocycles. The zero-order valence-electron chi connectivity index (χ0n) is 13.4. The van der Waals surface area contributed by atoms with Gasteiger partial charge in [0.15, 0.2) is 0 Å². The van der Waals surface area contributed by atoms with Gasteiger partial charge in [-0.2, -0.15) is 0 Å². The summed E-state index contributed by atoms with van der Waals surface area (Å²) in [7, 11) is 0. The normalized spacial score (nSPS) is 27.3. The van der Waals surface area contributed by atoms with E-state index in [1.807, 2.05) is 31.2 Å². The summed E-state index contributed by atoms with van der Waals surface area (Å²) >= 11 is 0. The predicted molar refractivity (Wildman–Crippen MR) is 86.1 cm³/mol. The SMILES string of the molecule is Cc1ccc(CC2CCC3(OC(=O)c4ccccc43)C2(F)F)cc1. The zero-order chi connectivity index (χ0) is 16.9. The lowest BCUT2D eigenvalue weighted by Gasteiger charge is -2.33. The van der Waals surface area contributed by atoms with E-state index < -0.39 is 23.4 Å². The van der Waals surface area contributed by atoms with E-state index in [4.69, 9.17) is 4.74 Å². The molecule has 1 aliphatic heterocycles. The molecule has 1 spiro atoms. The number of carbonyl (C=O) groups is 1. The van der Waals surface area contributed by atoms with Crippen LogP contribution in [-0.2, 0) is 16.8 Å². The van der Waals surface area contributed by atoms with Crippen molar-refractivity contribution in [1.29, 1.82) is 0 Å². The van der Waals surface area contributed by atoms with Crippen molar-refractivity contribution < 1.29 is 18.3 Å². The number of halogens is 2. The second-order valence-corrected chi connectivity index (χ2v) is 6.81. The van der Waals surface area contributed by atoms with Gasteiger partial charge in [0.2, 0.25) is 5.60 Å². The molecule has 2 nitrogen and oxygen atoms in total. The molecule has 0 saturated heterocycles. The Hall–Kier alpha value is -2.23. The average Bonchev–Trinajstić information content (AvgIpc) is 3.00. The van der Waals surface area contributed by atoms with E-state index in [0.717, 1.165) is 11.1 Å². The van der Waals surface area contributed by atoms with Crippen molar-refractivity contribution in [2.45, 2.75) is 37.7 Å². The Morgan fingerprint density at radius 3 is 2.58 bits per heavy atom. The Labute approximate surface area is 139 Å². The number of ether oxygens (including phenoxy) is 1. The molecule has 1 aliphatic carbocycles. The van der Waals surface area contributed by atoms with Crippen LogP contribution in [0.25, 0.3) is 0 Å². The van der Waals surface area contributed by atoms with Crippen LogP contribution < -0.4 is 0 Å². The molecule has 0 radical (unpaired) electrons. The first-order chi connectivity index (χ1) is 11.4. The van der Waals surface area contributed by atoms with Gasteiger partial charge in [-0.1, -0.05) is 48.0 Å². The van der Waals surface area contributed by atoms with Gasteiger partial charge < -0.3 is 4.74 Å². The maximum Gasteiger partial charge on any atom is 0.339 e. The number of rotatable bonds is 2. The number of fused-ring (bicyclic) bond motifs is 2. The van der Waals surface area contributed by atoms with Crippen molar-refractivity contribution in [2.24, 2.45) is 5.92 Å². The van der Waals surface area contributed by atoms with Crippen LogP contribution in [0.2, 0.25) is 0 Å². The van der Waals surface area contributed by atoms with Gasteiger partial charge in [0.1, 0.15) is 0 Å². The van der Waals surface area contributed by atoms with Crippen LogP contribution in [0.4, 0.5) is 8.78 Å². The van der Waals surface area contributed by atoms with Crippen LogP contribution >= 0.6 is 0 Å². The molecule has 1 heterocycles. The van der Waals surface area contributed by atoms with E-state index >= 15 is 8.78 Å². The van der Waals surface area contributed by atoms with Crippen LogP contribution in [0, 0.1) is 12.8 Å². The molecule has 2 atom stereocenters. The number of carbonyl (C=O) groups excluding carboxylic acids is 1. The van der Waals surface area contributed by atoms with Gasteiger partial charge >= 0.3 is 5.97 Å². The van der Waals surface area contributed by atoms with Crippen LogP contribution in [0.1, 0.15) is 39.9 Å². The summed E-state index contributed by atoms with van der Waals surface area (Å²) in [6, 6.07) is 14.2. The Morgan fingerprint density at radius 2 is 1.83 bits per heavy atom. The highest BCUT2D eigenvalue weighted by Gasteiger charge is 2.69. The quantitative estimate of drug-likeness (QED) is 0.750. The van der Waals surface area contributed by atoms with Gasteiger partial charge in [0.25, 0.3) is 5.92 Å². The van der Waals surface area contributed by atoms with Crippen LogP contribution in [-0.4, -0.2) is 11.9 Å². The molecule has 0 bridgehead atoms. The molecular formula is C20H18F2O2. The second-order valence-electron chi connectivity index (χ2n) is 6.81. The smallest absolute Gasteiger partial charge is 0.339 e. The molecule has 4 rings (SSSR count). The highest BCUT2D eigenvalue weighted by atomic mass is 19.3. The van der Waals surface area contributed by atoms with Crippen molar-refractivity contribution in [3.8, 4) is 0 Å². The molecule has 24 heavy (non-hydrogen) atoms. The standard InChI is InChI=1S/C20H18F2O2/c1-13-6-8-14(9-7-13)12-15-10-11-19(20(15,21)22)17-5-3-2-4-16(17)18(23)24-19/h2-9,15H,10-12H2,1H3. The van der Waals surface area contributed by atoms with Gasteiger partial charge in [0.05, 0.1) is 5.56 Å². The second kappa shape index (κ2) is 5.13. The first kappa shape index (κ1) is 15.3. The molecule has 0 amide bonds.